The van der Waals surface area contributed by atoms with Crippen molar-refractivity contribution in [1.29, 1.82) is 0 Å². The first-order valence-corrected chi connectivity index (χ1v) is 9.72. The van der Waals surface area contributed by atoms with Gasteiger partial charge in [0.1, 0.15) is 0 Å². The molecule has 1 heterocycles. The summed E-state index contributed by atoms with van der Waals surface area (Å²) >= 11 is 0. The Morgan fingerprint density at radius 3 is 2.28 bits per heavy atom. The van der Waals surface area contributed by atoms with Crippen LogP contribution in [0.3, 0.4) is 0 Å². The number of aliphatic hydroxyl groups is 1. The van der Waals surface area contributed by atoms with Gasteiger partial charge in [-0.2, -0.15) is 0 Å². The Balaban J connectivity index is 2.66. The van der Waals surface area contributed by atoms with Crippen molar-refractivity contribution in [3.05, 3.63) is 0 Å². The summed E-state index contributed by atoms with van der Waals surface area (Å²) in [7, 11) is -2.28. The normalized spacial score (nSPS) is 26.7. The second-order valence-corrected chi connectivity index (χ2v) is 11.7. The maximum absolute atomic E-state index is 9.70. The molecule has 0 aromatic rings. The van der Waals surface area contributed by atoms with Crippen LogP contribution in [0.4, 0.5) is 0 Å². The first-order valence-electron chi connectivity index (χ1n) is 6.81. The summed E-state index contributed by atoms with van der Waals surface area (Å²) in [5.41, 5.74) is 0. The fourth-order valence-electron chi connectivity index (χ4n) is 2.21. The molecule has 2 atom stereocenters. The summed E-state index contributed by atoms with van der Waals surface area (Å²) in [6.45, 7) is 13.7. The molecule has 1 fully saturated rings. The Kier molecular flexibility index (Phi) is 5.06. The zero-order chi connectivity index (χ0) is 14.1. The van der Waals surface area contributed by atoms with Crippen LogP contribution >= 0.6 is 0 Å². The highest BCUT2D eigenvalue weighted by atomic mass is 28.4. The van der Waals surface area contributed by atoms with Gasteiger partial charge in [0.05, 0.1) is 12.7 Å². The predicted octanol–water partition coefficient (Wildman–Crippen LogP) is 1.55. The Hall–Kier alpha value is 0.122. The molecule has 18 heavy (non-hydrogen) atoms. The number of aliphatic hydroxyl groups excluding tert-OH is 1. The molecule has 2 N–H and O–H groups in total. The molecule has 0 radical (unpaired) electrons. The van der Waals surface area contributed by atoms with E-state index >= 15 is 0 Å². The monoisotopic (exact) mass is 273 g/mol. The highest BCUT2D eigenvalue weighted by Gasteiger charge is 2.43. The highest BCUT2D eigenvalue weighted by Crippen LogP contribution is 2.38. The number of hydrogen-bond donors (Lipinski definition) is 2. The van der Waals surface area contributed by atoms with Crippen LogP contribution < -0.4 is 0 Å². The topological polar surface area (TPSA) is 52.9 Å². The van der Waals surface area contributed by atoms with Crippen molar-refractivity contribution in [3.8, 4) is 0 Å². The zero-order valence-electron chi connectivity index (χ0n) is 12.6. The lowest BCUT2D eigenvalue weighted by Crippen LogP contribution is -2.45. The Bertz CT molecular complexity index is 281. The van der Waals surface area contributed by atoms with E-state index < -0.39 is 15.4 Å². The second kappa shape index (κ2) is 5.63. The molecule has 0 aliphatic carbocycles. The van der Waals surface area contributed by atoms with E-state index in [0.29, 0.717) is 0 Å². The summed E-state index contributed by atoms with van der Waals surface area (Å²) in [5, 5.41) is 19.3. The number of hydrogen-bond acceptors (Lipinski definition) is 4. The third-order valence-corrected chi connectivity index (χ3v) is 8.91. The van der Waals surface area contributed by atoms with Gasteiger partial charge in [-0.05, 0) is 31.4 Å². The van der Waals surface area contributed by atoms with E-state index in [9.17, 15) is 10.1 Å². The van der Waals surface area contributed by atoms with Crippen molar-refractivity contribution >= 4 is 15.4 Å². The molecule has 1 aliphatic heterocycles. The van der Waals surface area contributed by atoms with Crippen molar-refractivity contribution in [2.24, 2.45) is 0 Å². The van der Waals surface area contributed by atoms with Crippen molar-refractivity contribution in [2.75, 3.05) is 13.2 Å². The summed E-state index contributed by atoms with van der Waals surface area (Å²) in [4.78, 5) is 1.93. The predicted molar refractivity (Wildman–Crippen MR) is 78.1 cm³/mol. The summed E-state index contributed by atoms with van der Waals surface area (Å²) < 4.78 is 6.35. The lowest BCUT2D eigenvalue weighted by molar-refractivity contribution is 0.188. The maximum atomic E-state index is 9.70. The minimum absolute atomic E-state index is 0.0276. The van der Waals surface area contributed by atoms with Crippen LogP contribution in [0.5, 0.6) is 0 Å². The third-order valence-electron chi connectivity index (χ3n) is 4.38. The molecule has 1 rings (SSSR count). The van der Waals surface area contributed by atoms with Crippen LogP contribution in [0, 0.1) is 0 Å². The molecule has 0 bridgehead atoms. The molecule has 106 valence electrons. The van der Waals surface area contributed by atoms with Crippen molar-refractivity contribution in [3.63, 3.8) is 0 Å². The van der Waals surface area contributed by atoms with Gasteiger partial charge < -0.3 is 19.4 Å². The van der Waals surface area contributed by atoms with Gasteiger partial charge in [0.25, 0.3) is 0 Å². The molecule has 1 aliphatic rings. The maximum Gasteiger partial charge on any atom is 0.376 e. The van der Waals surface area contributed by atoms with E-state index in [-0.39, 0.29) is 23.8 Å². The molecule has 0 saturated carbocycles. The summed E-state index contributed by atoms with van der Waals surface area (Å²) in [6.07, 6.45) is 0.950. The Morgan fingerprint density at radius 1 is 1.39 bits per heavy atom. The van der Waals surface area contributed by atoms with Crippen LogP contribution in [-0.4, -0.2) is 55.6 Å². The molecule has 0 spiro atoms. The molecular formula is C12H28BNO3Si. The van der Waals surface area contributed by atoms with E-state index in [0.717, 1.165) is 13.0 Å². The Labute approximate surface area is 113 Å². The van der Waals surface area contributed by atoms with E-state index in [1.807, 2.05) is 4.81 Å². The lowest BCUT2D eigenvalue weighted by Gasteiger charge is -2.38. The van der Waals surface area contributed by atoms with E-state index in [4.69, 9.17) is 4.43 Å². The van der Waals surface area contributed by atoms with Crippen LogP contribution in [0.25, 0.3) is 0 Å². The number of nitrogens with zero attached hydrogens (tertiary/aromatic N) is 1. The lowest BCUT2D eigenvalue weighted by atomic mass is 9.84. The minimum atomic E-state index is -1.77. The molecule has 0 amide bonds. The van der Waals surface area contributed by atoms with Crippen LogP contribution in [0.2, 0.25) is 25.0 Å². The first-order chi connectivity index (χ1) is 8.08. The molecule has 1 saturated heterocycles. The average Bonchev–Trinajstić information content (AvgIpc) is 2.58. The van der Waals surface area contributed by atoms with E-state index in [1.54, 1.807) is 6.82 Å². The average molecular weight is 273 g/mol. The van der Waals surface area contributed by atoms with Crippen molar-refractivity contribution in [1.82, 2.24) is 4.81 Å². The standard InChI is InChI=1S/C12H28BNO3Si/c1-12(2,3)18(5,6)17-11-7-10(9-15)14(8-11)13(4)16/h10-11,15-16H,7-9H2,1-6H3/t10-,11+/m0/s1. The molecule has 6 heteroatoms. The van der Waals surface area contributed by atoms with Gasteiger partial charge in [-0.1, -0.05) is 20.8 Å². The van der Waals surface area contributed by atoms with E-state index in [1.165, 1.54) is 0 Å². The molecule has 4 nitrogen and oxygen atoms in total. The fraction of sp³-hybridized carbons (Fsp3) is 1.00. The van der Waals surface area contributed by atoms with Gasteiger partial charge in [0.2, 0.25) is 0 Å². The third kappa shape index (κ3) is 3.57. The first kappa shape index (κ1) is 16.2. The molecule has 0 aromatic carbocycles. The smallest absolute Gasteiger partial charge is 0.376 e. The SMILES string of the molecule is CB(O)N1C[C@H](O[Si](C)(C)C(C)(C)C)C[C@H]1CO. The van der Waals surface area contributed by atoms with Gasteiger partial charge in [-0.3, -0.25) is 0 Å². The molecule has 0 aromatic heterocycles. The molecule has 0 unspecified atom stereocenters. The van der Waals surface area contributed by atoms with Crippen LogP contribution in [0.1, 0.15) is 27.2 Å². The Morgan fingerprint density at radius 2 is 1.94 bits per heavy atom. The van der Waals surface area contributed by atoms with Crippen LogP contribution in [-0.2, 0) is 4.43 Å². The van der Waals surface area contributed by atoms with Crippen molar-refractivity contribution in [2.45, 2.75) is 64.3 Å². The quantitative estimate of drug-likeness (QED) is 0.763. The summed E-state index contributed by atoms with van der Waals surface area (Å²) in [6, 6.07) is 0.0276. The summed E-state index contributed by atoms with van der Waals surface area (Å²) in [5.74, 6) is 0. The highest BCUT2D eigenvalue weighted by molar-refractivity contribution is 6.74. The number of rotatable bonds is 4. The largest absolute Gasteiger partial charge is 0.437 e. The van der Waals surface area contributed by atoms with Gasteiger partial charge >= 0.3 is 7.05 Å². The van der Waals surface area contributed by atoms with Gasteiger partial charge in [-0.25, -0.2) is 0 Å². The zero-order valence-corrected chi connectivity index (χ0v) is 13.6. The van der Waals surface area contributed by atoms with Gasteiger partial charge in [0.15, 0.2) is 8.32 Å². The fourth-order valence-corrected chi connectivity index (χ4v) is 3.57. The van der Waals surface area contributed by atoms with Crippen molar-refractivity contribution < 1.29 is 14.6 Å². The molecular weight excluding hydrogens is 245 g/mol. The minimum Gasteiger partial charge on any atom is -0.437 e. The van der Waals surface area contributed by atoms with Gasteiger partial charge in [-0.15, -0.1) is 0 Å². The van der Waals surface area contributed by atoms with Gasteiger partial charge in [0, 0.05) is 12.6 Å². The van der Waals surface area contributed by atoms with Crippen LogP contribution in [0.15, 0.2) is 0 Å². The second-order valence-electron chi connectivity index (χ2n) is 6.90. The van der Waals surface area contributed by atoms with E-state index in [2.05, 4.69) is 33.9 Å².